The zero-order valence-corrected chi connectivity index (χ0v) is 14.6. The standard InChI is InChI=1S/C15H15N5O2S2/c1-3-6-16-14-18-19-15(24-14)23-9-10-8-20-7-4-5-11(12(20)17-10)13(21)22-2/h3-5,7-8H,1,6,9H2,2H3,(H,16,18). The molecular weight excluding hydrogens is 346 g/mol. The van der Waals surface area contributed by atoms with E-state index in [0.29, 0.717) is 23.5 Å². The first-order valence-corrected chi connectivity index (χ1v) is 8.87. The van der Waals surface area contributed by atoms with E-state index in [1.807, 2.05) is 16.8 Å². The highest BCUT2D eigenvalue weighted by Crippen LogP contribution is 2.28. The van der Waals surface area contributed by atoms with E-state index < -0.39 is 5.97 Å². The quantitative estimate of drug-likeness (QED) is 0.394. The zero-order chi connectivity index (χ0) is 16.9. The number of esters is 1. The number of aromatic nitrogens is 4. The molecule has 0 aliphatic heterocycles. The summed E-state index contributed by atoms with van der Waals surface area (Å²) in [6.45, 7) is 4.30. The summed E-state index contributed by atoms with van der Waals surface area (Å²) in [7, 11) is 1.36. The van der Waals surface area contributed by atoms with Gasteiger partial charge in [-0.05, 0) is 12.1 Å². The lowest BCUT2D eigenvalue weighted by Crippen LogP contribution is -2.03. The maximum atomic E-state index is 11.8. The minimum absolute atomic E-state index is 0.396. The zero-order valence-electron chi connectivity index (χ0n) is 12.9. The molecule has 0 atom stereocenters. The molecule has 0 fully saturated rings. The highest BCUT2D eigenvalue weighted by atomic mass is 32.2. The van der Waals surface area contributed by atoms with Gasteiger partial charge in [-0.15, -0.1) is 16.8 Å². The van der Waals surface area contributed by atoms with E-state index in [-0.39, 0.29) is 0 Å². The molecule has 0 radical (unpaired) electrons. The number of rotatable bonds is 7. The van der Waals surface area contributed by atoms with Crippen molar-refractivity contribution in [2.24, 2.45) is 0 Å². The van der Waals surface area contributed by atoms with E-state index in [0.717, 1.165) is 15.2 Å². The number of thioether (sulfide) groups is 1. The topological polar surface area (TPSA) is 81.4 Å². The maximum absolute atomic E-state index is 11.8. The Morgan fingerprint density at radius 1 is 1.54 bits per heavy atom. The van der Waals surface area contributed by atoms with E-state index >= 15 is 0 Å². The summed E-state index contributed by atoms with van der Waals surface area (Å²) in [6, 6.07) is 3.49. The molecule has 1 N–H and O–H groups in total. The van der Waals surface area contributed by atoms with Crippen LogP contribution in [-0.4, -0.2) is 39.2 Å². The molecule has 3 aromatic rings. The van der Waals surface area contributed by atoms with Gasteiger partial charge in [0.15, 0.2) is 9.99 Å². The van der Waals surface area contributed by atoms with E-state index in [1.165, 1.54) is 18.4 Å². The Hall–Kier alpha value is -2.39. The van der Waals surface area contributed by atoms with Gasteiger partial charge in [-0.25, -0.2) is 9.78 Å². The summed E-state index contributed by atoms with van der Waals surface area (Å²) in [5, 5.41) is 12.0. The fraction of sp³-hybridized carbons (Fsp3) is 0.200. The molecule has 0 aliphatic rings. The van der Waals surface area contributed by atoms with Crippen molar-refractivity contribution in [3.63, 3.8) is 0 Å². The van der Waals surface area contributed by atoms with Crippen LogP contribution < -0.4 is 5.32 Å². The molecule has 3 aromatic heterocycles. The number of carbonyl (C=O) groups is 1. The highest BCUT2D eigenvalue weighted by Gasteiger charge is 2.14. The lowest BCUT2D eigenvalue weighted by Gasteiger charge is -2.00. The third-order valence-electron chi connectivity index (χ3n) is 3.09. The normalized spacial score (nSPS) is 10.7. The number of hydrogen-bond acceptors (Lipinski definition) is 8. The molecule has 3 heterocycles. The Bertz CT molecular complexity index is 874. The van der Waals surface area contributed by atoms with Crippen LogP contribution in [0.3, 0.4) is 0 Å². The summed E-state index contributed by atoms with van der Waals surface area (Å²) in [4.78, 5) is 16.3. The van der Waals surface area contributed by atoms with Crippen LogP contribution in [0.4, 0.5) is 5.13 Å². The molecule has 7 nitrogen and oxygen atoms in total. The van der Waals surface area contributed by atoms with Gasteiger partial charge >= 0.3 is 5.97 Å². The molecule has 9 heteroatoms. The van der Waals surface area contributed by atoms with Crippen molar-refractivity contribution in [1.82, 2.24) is 19.6 Å². The second-order valence-electron chi connectivity index (χ2n) is 4.71. The molecule has 24 heavy (non-hydrogen) atoms. The van der Waals surface area contributed by atoms with Crippen LogP contribution in [0.15, 0.2) is 41.5 Å². The van der Waals surface area contributed by atoms with Crippen LogP contribution in [0.2, 0.25) is 0 Å². The van der Waals surface area contributed by atoms with Gasteiger partial charge in [0.2, 0.25) is 5.13 Å². The Morgan fingerprint density at radius 3 is 3.21 bits per heavy atom. The van der Waals surface area contributed by atoms with Crippen LogP contribution in [0.25, 0.3) is 5.65 Å². The van der Waals surface area contributed by atoms with Crippen molar-refractivity contribution >= 4 is 39.8 Å². The number of ether oxygens (including phenoxy) is 1. The minimum atomic E-state index is -0.396. The van der Waals surface area contributed by atoms with Crippen molar-refractivity contribution in [3.05, 3.63) is 48.4 Å². The molecule has 0 saturated carbocycles. The highest BCUT2D eigenvalue weighted by molar-refractivity contribution is 8.00. The third-order valence-corrected chi connectivity index (χ3v) is 5.13. The first kappa shape index (κ1) is 16.5. The van der Waals surface area contributed by atoms with Crippen LogP contribution in [0, 0.1) is 0 Å². The molecule has 0 aliphatic carbocycles. The predicted octanol–water partition coefficient (Wildman–Crippen LogP) is 2.86. The van der Waals surface area contributed by atoms with Gasteiger partial charge in [0.1, 0.15) is 5.56 Å². The molecular formula is C15H15N5O2S2. The first-order valence-electron chi connectivity index (χ1n) is 7.07. The summed E-state index contributed by atoms with van der Waals surface area (Å²) in [5.41, 5.74) is 1.89. The summed E-state index contributed by atoms with van der Waals surface area (Å²) < 4.78 is 7.46. The molecule has 0 spiro atoms. The summed E-state index contributed by atoms with van der Waals surface area (Å²) in [5.74, 6) is 0.241. The van der Waals surface area contributed by atoms with Crippen molar-refractivity contribution in [2.75, 3.05) is 19.0 Å². The number of fused-ring (bicyclic) bond motifs is 1. The fourth-order valence-electron chi connectivity index (χ4n) is 2.04. The summed E-state index contributed by atoms with van der Waals surface area (Å²) >= 11 is 3.03. The lowest BCUT2D eigenvalue weighted by atomic mass is 10.3. The van der Waals surface area contributed by atoms with Crippen LogP contribution in [-0.2, 0) is 10.5 Å². The van der Waals surface area contributed by atoms with Gasteiger partial charge in [-0.1, -0.05) is 29.2 Å². The fourth-order valence-corrected chi connectivity index (χ4v) is 3.68. The van der Waals surface area contributed by atoms with Crippen molar-refractivity contribution < 1.29 is 9.53 Å². The Labute approximate surface area is 146 Å². The van der Waals surface area contributed by atoms with Gasteiger partial charge in [-0.2, -0.15) is 0 Å². The van der Waals surface area contributed by atoms with Crippen LogP contribution in [0.1, 0.15) is 16.1 Å². The van der Waals surface area contributed by atoms with Gasteiger partial charge in [0.25, 0.3) is 0 Å². The smallest absolute Gasteiger partial charge is 0.341 e. The number of nitrogens with zero attached hydrogens (tertiary/aromatic N) is 4. The second-order valence-corrected chi connectivity index (χ2v) is 6.91. The molecule has 0 aromatic carbocycles. The minimum Gasteiger partial charge on any atom is -0.465 e. The average Bonchev–Trinajstić information content (AvgIpc) is 3.23. The van der Waals surface area contributed by atoms with Gasteiger partial charge in [-0.3, -0.25) is 0 Å². The molecule has 0 saturated heterocycles. The molecule has 124 valence electrons. The van der Waals surface area contributed by atoms with Gasteiger partial charge in [0, 0.05) is 24.7 Å². The SMILES string of the molecule is C=CCNc1nnc(SCc2cn3cccc(C(=O)OC)c3n2)s1. The van der Waals surface area contributed by atoms with Crippen molar-refractivity contribution in [3.8, 4) is 0 Å². The number of imidazole rings is 1. The average molecular weight is 361 g/mol. The maximum Gasteiger partial charge on any atom is 0.341 e. The molecule has 0 unspecified atom stereocenters. The molecule has 0 bridgehead atoms. The van der Waals surface area contributed by atoms with Crippen molar-refractivity contribution in [1.29, 1.82) is 0 Å². The van der Waals surface area contributed by atoms with Crippen LogP contribution >= 0.6 is 23.1 Å². The number of anilines is 1. The monoisotopic (exact) mass is 361 g/mol. The number of nitrogens with one attached hydrogen (secondary N) is 1. The number of hydrogen-bond donors (Lipinski definition) is 1. The van der Waals surface area contributed by atoms with E-state index in [4.69, 9.17) is 4.74 Å². The predicted molar refractivity (Wildman–Crippen MR) is 94.7 cm³/mol. The van der Waals surface area contributed by atoms with E-state index in [9.17, 15) is 4.79 Å². The Balaban J connectivity index is 1.72. The van der Waals surface area contributed by atoms with Gasteiger partial charge < -0.3 is 14.5 Å². The third kappa shape index (κ3) is 3.57. The van der Waals surface area contributed by atoms with E-state index in [1.54, 1.807) is 30.0 Å². The molecule has 0 amide bonds. The van der Waals surface area contributed by atoms with E-state index in [2.05, 4.69) is 27.1 Å². The first-order chi connectivity index (χ1) is 11.7. The molecule has 3 rings (SSSR count). The number of pyridine rings is 1. The largest absolute Gasteiger partial charge is 0.465 e. The number of carbonyl (C=O) groups excluding carboxylic acids is 1. The Kier molecular flexibility index (Phi) is 5.11. The van der Waals surface area contributed by atoms with Gasteiger partial charge in [0.05, 0.1) is 12.8 Å². The lowest BCUT2D eigenvalue weighted by molar-refractivity contribution is 0.0602. The summed E-state index contributed by atoms with van der Waals surface area (Å²) in [6.07, 6.45) is 5.52. The number of methoxy groups -OCH3 is 1. The van der Waals surface area contributed by atoms with Crippen LogP contribution in [0.5, 0.6) is 0 Å². The van der Waals surface area contributed by atoms with Crippen molar-refractivity contribution in [2.45, 2.75) is 10.1 Å². The second kappa shape index (κ2) is 7.45. The Morgan fingerprint density at radius 2 is 2.42 bits per heavy atom.